The molecule has 1 amide bonds. The molecule has 0 radical (unpaired) electrons. The molecule has 7 nitrogen and oxygen atoms in total. The van der Waals surface area contributed by atoms with Gasteiger partial charge >= 0.3 is 5.97 Å². The number of nitro benzene ring substituents is 1. The molecule has 0 aliphatic heterocycles. The van der Waals surface area contributed by atoms with E-state index in [1.54, 1.807) is 0 Å². The summed E-state index contributed by atoms with van der Waals surface area (Å²) in [5, 5.41) is 14.3. The number of aryl methyl sites for hydroxylation is 1. The van der Waals surface area contributed by atoms with Gasteiger partial charge in [0.2, 0.25) is 0 Å². The van der Waals surface area contributed by atoms with Gasteiger partial charge in [-0.05, 0) is 37.0 Å². The second kappa shape index (κ2) is 6.81. The summed E-state index contributed by atoms with van der Waals surface area (Å²) in [7, 11) is 1.27. The molecular weight excluding hydrogens is 368 g/mol. The minimum absolute atomic E-state index is 0.126. The summed E-state index contributed by atoms with van der Waals surface area (Å²) in [5.41, 5.74) is 0.704. The number of nitrogens with zero attached hydrogens (tertiary/aromatic N) is 1. The van der Waals surface area contributed by atoms with E-state index in [4.69, 9.17) is 16.3 Å². The van der Waals surface area contributed by atoms with E-state index in [9.17, 15) is 19.7 Å². The minimum Gasteiger partial charge on any atom is -0.465 e. The molecule has 0 atom stereocenters. The highest BCUT2D eigenvalue weighted by atomic mass is 35.5. The Hall–Kier alpha value is -2.45. The number of fused-ring (bicyclic) bond motifs is 1. The number of hydrogen-bond donors (Lipinski definition) is 1. The smallest absolute Gasteiger partial charge is 0.341 e. The Morgan fingerprint density at radius 2 is 2.12 bits per heavy atom. The molecule has 2 aromatic rings. The van der Waals surface area contributed by atoms with Gasteiger partial charge in [-0.25, -0.2) is 4.79 Å². The van der Waals surface area contributed by atoms with Crippen LogP contribution in [0.2, 0.25) is 5.02 Å². The number of amides is 1. The number of methoxy groups -OCH3 is 1. The largest absolute Gasteiger partial charge is 0.465 e. The van der Waals surface area contributed by atoms with Crippen LogP contribution in [-0.4, -0.2) is 23.9 Å². The summed E-state index contributed by atoms with van der Waals surface area (Å²) in [5.74, 6) is -1.20. The van der Waals surface area contributed by atoms with E-state index in [2.05, 4.69) is 5.32 Å². The van der Waals surface area contributed by atoms with Crippen molar-refractivity contribution in [1.82, 2.24) is 0 Å². The number of benzene rings is 1. The molecule has 0 unspecified atom stereocenters. The number of nitro groups is 1. The van der Waals surface area contributed by atoms with E-state index in [1.807, 2.05) is 0 Å². The number of thiophene rings is 1. The van der Waals surface area contributed by atoms with Crippen molar-refractivity contribution in [3.05, 3.63) is 54.9 Å². The molecule has 0 saturated heterocycles. The maximum atomic E-state index is 12.5. The predicted octanol–water partition coefficient (Wildman–Crippen LogP) is 3.84. The first kappa shape index (κ1) is 17.4. The van der Waals surface area contributed by atoms with E-state index in [0.29, 0.717) is 10.6 Å². The molecule has 0 bridgehead atoms. The number of carbonyl (C=O) groups is 2. The van der Waals surface area contributed by atoms with Crippen LogP contribution in [0.15, 0.2) is 18.2 Å². The van der Waals surface area contributed by atoms with Gasteiger partial charge < -0.3 is 10.1 Å². The molecule has 0 spiro atoms. The van der Waals surface area contributed by atoms with E-state index in [0.717, 1.165) is 35.8 Å². The van der Waals surface area contributed by atoms with Gasteiger partial charge in [-0.15, -0.1) is 11.3 Å². The van der Waals surface area contributed by atoms with E-state index >= 15 is 0 Å². The third kappa shape index (κ3) is 3.22. The van der Waals surface area contributed by atoms with Crippen molar-refractivity contribution in [2.24, 2.45) is 0 Å². The normalized spacial score (nSPS) is 12.6. The summed E-state index contributed by atoms with van der Waals surface area (Å²) < 4.78 is 4.82. The zero-order valence-electron chi connectivity index (χ0n) is 13.1. The van der Waals surface area contributed by atoms with Crippen molar-refractivity contribution in [3.63, 3.8) is 0 Å². The second-order valence-electron chi connectivity index (χ2n) is 5.43. The lowest BCUT2D eigenvalue weighted by atomic mass is 10.1. The monoisotopic (exact) mass is 380 g/mol. The molecule has 0 fully saturated rings. The average molecular weight is 381 g/mol. The van der Waals surface area contributed by atoms with Gasteiger partial charge in [-0.3, -0.25) is 14.9 Å². The Morgan fingerprint density at radius 3 is 2.80 bits per heavy atom. The highest BCUT2D eigenvalue weighted by Crippen LogP contribution is 2.40. The predicted molar refractivity (Wildman–Crippen MR) is 93.7 cm³/mol. The SMILES string of the molecule is COC(=O)c1c(NC(=O)c2ccc(Cl)cc2[N+](=O)[O-])sc2c1CCC2. The maximum Gasteiger partial charge on any atom is 0.341 e. The Bertz CT molecular complexity index is 893. The van der Waals surface area contributed by atoms with Crippen LogP contribution in [-0.2, 0) is 17.6 Å². The Morgan fingerprint density at radius 1 is 1.36 bits per heavy atom. The van der Waals surface area contributed by atoms with E-state index in [1.165, 1.54) is 30.6 Å². The number of rotatable bonds is 4. The molecule has 1 aromatic carbocycles. The minimum atomic E-state index is -0.673. The molecule has 9 heteroatoms. The lowest BCUT2D eigenvalue weighted by molar-refractivity contribution is -0.385. The number of ether oxygens (including phenoxy) is 1. The van der Waals surface area contributed by atoms with Crippen molar-refractivity contribution in [2.45, 2.75) is 19.3 Å². The molecule has 1 N–H and O–H groups in total. The van der Waals surface area contributed by atoms with Crippen molar-refractivity contribution >= 4 is 45.5 Å². The summed E-state index contributed by atoms with van der Waals surface area (Å²) in [4.78, 5) is 36.2. The fraction of sp³-hybridized carbons (Fsp3) is 0.250. The number of anilines is 1. The van der Waals surface area contributed by atoms with E-state index < -0.39 is 22.5 Å². The summed E-state index contributed by atoms with van der Waals surface area (Å²) in [6, 6.07) is 3.81. The molecule has 1 aliphatic rings. The van der Waals surface area contributed by atoms with Gasteiger partial charge in [0.1, 0.15) is 10.6 Å². The lowest BCUT2D eigenvalue weighted by Gasteiger charge is -2.07. The number of hydrogen-bond acceptors (Lipinski definition) is 6. The third-order valence-electron chi connectivity index (χ3n) is 3.94. The quantitative estimate of drug-likeness (QED) is 0.493. The summed E-state index contributed by atoms with van der Waals surface area (Å²) in [6.45, 7) is 0. The van der Waals surface area contributed by atoms with Crippen molar-refractivity contribution in [3.8, 4) is 0 Å². The topological polar surface area (TPSA) is 98.5 Å². The van der Waals surface area contributed by atoms with Gasteiger partial charge in [-0.2, -0.15) is 0 Å². The Labute approximate surface area is 151 Å². The average Bonchev–Trinajstić information content (AvgIpc) is 3.14. The van der Waals surface area contributed by atoms with Crippen molar-refractivity contribution < 1.29 is 19.2 Å². The van der Waals surface area contributed by atoms with Crippen LogP contribution in [0.5, 0.6) is 0 Å². The van der Waals surface area contributed by atoms with Crippen LogP contribution in [0.3, 0.4) is 0 Å². The number of halogens is 1. The van der Waals surface area contributed by atoms with Gasteiger partial charge in [0.15, 0.2) is 0 Å². The van der Waals surface area contributed by atoms with E-state index in [-0.39, 0.29) is 10.6 Å². The fourth-order valence-electron chi connectivity index (χ4n) is 2.83. The molecule has 3 rings (SSSR count). The molecule has 1 aliphatic carbocycles. The van der Waals surface area contributed by atoms with Gasteiger partial charge in [0, 0.05) is 16.0 Å². The highest BCUT2D eigenvalue weighted by Gasteiger charge is 2.29. The van der Waals surface area contributed by atoms with Crippen LogP contribution in [0.25, 0.3) is 0 Å². The van der Waals surface area contributed by atoms with Crippen molar-refractivity contribution in [1.29, 1.82) is 0 Å². The second-order valence-corrected chi connectivity index (χ2v) is 6.97. The maximum absolute atomic E-state index is 12.5. The van der Waals surface area contributed by atoms with Gasteiger partial charge in [0.25, 0.3) is 11.6 Å². The zero-order valence-corrected chi connectivity index (χ0v) is 14.7. The molecule has 130 valence electrons. The summed E-state index contributed by atoms with van der Waals surface area (Å²) >= 11 is 7.07. The number of carbonyl (C=O) groups excluding carboxylic acids is 2. The first-order valence-corrected chi connectivity index (χ1v) is 8.60. The molecular formula is C16H13ClN2O5S. The van der Waals surface area contributed by atoms with Gasteiger partial charge in [-0.1, -0.05) is 11.6 Å². The molecule has 1 aromatic heterocycles. The first-order chi connectivity index (χ1) is 11.9. The lowest BCUT2D eigenvalue weighted by Crippen LogP contribution is -2.16. The fourth-order valence-corrected chi connectivity index (χ4v) is 4.27. The summed E-state index contributed by atoms with van der Waals surface area (Å²) in [6.07, 6.45) is 2.52. The number of esters is 1. The van der Waals surface area contributed by atoms with Crippen LogP contribution in [0, 0.1) is 10.1 Å². The molecule has 25 heavy (non-hydrogen) atoms. The standard InChI is InChI=1S/C16H13ClN2O5S/c1-24-16(21)13-10-3-2-4-12(10)25-15(13)18-14(20)9-6-5-8(17)7-11(9)19(22)23/h5-7H,2-4H2,1H3,(H,18,20). The molecule has 1 heterocycles. The highest BCUT2D eigenvalue weighted by molar-refractivity contribution is 7.17. The number of nitrogens with one attached hydrogen (secondary N) is 1. The Kier molecular flexibility index (Phi) is 4.73. The van der Waals surface area contributed by atoms with Crippen LogP contribution >= 0.6 is 22.9 Å². The zero-order chi connectivity index (χ0) is 18.1. The molecule has 0 saturated carbocycles. The third-order valence-corrected chi connectivity index (χ3v) is 5.38. The van der Waals surface area contributed by atoms with Gasteiger partial charge in [0.05, 0.1) is 17.6 Å². The van der Waals surface area contributed by atoms with Crippen LogP contribution in [0.1, 0.15) is 37.6 Å². The Balaban J connectivity index is 1.98. The first-order valence-electron chi connectivity index (χ1n) is 7.40. The van der Waals surface area contributed by atoms with Crippen LogP contribution < -0.4 is 5.32 Å². The van der Waals surface area contributed by atoms with Crippen molar-refractivity contribution in [2.75, 3.05) is 12.4 Å². The van der Waals surface area contributed by atoms with Crippen LogP contribution in [0.4, 0.5) is 10.7 Å².